The van der Waals surface area contributed by atoms with Crippen LogP contribution < -0.4 is 16.0 Å². The molecule has 2 aromatic rings. The average molecular weight is 507 g/mol. The molecule has 3 aliphatic rings. The number of hydrogen-bond donors (Lipinski definition) is 7. The summed E-state index contributed by atoms with van der Waals surface area (Å²) >= 11 is 0. The fourth-order valence-corrected chi connectivity index (χ4v) is 6.20. The minimum atomic E-state index is -2.23. The van der Waals surface area contributed by atoms with Crippen LogP contribution in [0.4, 0.5) is 0 Å². The van der Waals surface area contributed by atoms with Gasteiger partial charge in [-0.2, -0.15) is 0 Å². The number of aliphatic hydroxyl groups excluding tert-OH is 2. The summed E-state index contributed by atoms with van der Waals surface area (Å²) in [6.45, 7) is 2.26. The van der Waals surface area contributed by atoms with Crippen molar-refractivity contribution >= 4 is 10.9 Å². The van der Waals surface area contributed by atoms with Gasteiger partial charge >= 0.3 is 0 Å². The van der Waals surface area contributed by atoms with Gasteiger partial charge in [0.2, 0.25) is 12.1 Å². The van der Waals surface area contributed by atoms with E-state index in [0.29, 0.717) is 6.54 Å². The fourth-order valence-electron chi connectivity index (χ4n) is 6.20. The molecule has 200 valence electrons. The lowest BCUT2D eigenvalue weighted by Gasteiger charge is -2.60. The number of para-hydroxylation sites is 1. The largest absolute Gasteiger partial charge is 0.390 e. The zero-order valence-corrected chi connectivity index (χ0v) is 21.1. The Morgan fingerprint density at radius 1 is 1.03 bits per heavy atom. The summed E-state index contributed by atoms with van der Waals surface area (Å²) < 4.78 is 20.2. The van der Waals surface area contributed by atoms with Crippen molar-refractivity contribution in [1.82, 2.24) is 20.5 Å². The van der Waals surface area contributed by atoms with Crippen LogP contribution in [-0.2, 0) is 27.8 Å². The van der Waals surface area contributed by atoms with E-state index in [2.05, 4.69) is 26.6 Å². The average Bonchev–Trinajstić information content (AvgIpc) is 3.15. The molecule has 0 amide bonds. The molecule has 2 saturated heterocycles. The predicted molar refractivity (Wildman–Crippen MR) is 131 cm³/mol. The zero-order chi connectivity index (χ0) is 25.8. The van der Waals surface area contributed by atoms with Gasteiger partial charge in [0.05, 0.1) is 24.3 Å². The minimum absolute atomic E-state index is 0.00609. The molecule has 1 aliphatic carbocycles. The van der Waals surface area contributed by atoms with Gasteiger partial charge < -0.3 is 55.2 Å². The van der Waals surface area contributed by atoms with Crippen LogP contribution in [0.3, 0.4) is 0 Å². The van der Waals surface area contributed by atoms with Gasteiger partial charge in [-0.05, 0) is 32.6 Å². The van der Waals surface area contributed by atoms with E-state index in [1.807, 2.05) is 31.4 Å². The highest BCUT2D eigenvalue weighted by Crippen LogP contribution is 2.46. The van der Waals surface area contributed by atoms with Crippen LogP contribution in [0.1, 0.15) is 18.9 Å². The van der Waals surface area contributed by atoms with E-state index in [0.717, 1.165) is 16.5 Å². The van der Waals surface area contributed by atoms with Crippen molar-refractivity contribution in [1.29, 1.82) is 0 Å². The van der Waals surface area contributed by atoms with E-state index in [1.54, 1.807) is 21.0 Å². The summed E-state index contributed by atoms with van der Waals surface area (Å²) in [4.78, 5) is 0. The molecule has 0 radical (unpaired) electrons. The first-order valence-corrected chi connectivity index (χ1v) is 12.5. The fraction of sp³-hybridized carbons (Fsp3) is 0.680. The lowest BCUT2D eigenvalue weighted by molar-refractivity contribution is -0.482. The number of aliphatic hydroxyl groups is 4. The maximum Gasteiger partial charge on any atom is 0.249 e. The normalized spacial score (nSPS) is 42.8. The van der Waals surface area contributed by atoms with Gasteiger partial charge in [-0.15, -0.1) is 0 Å². The number of ether oxygens (including phenoxy) is 3. The van der Waals surface area contributed by atoms with Crippen LogP contribution in [-0.4, -0.2) is 106 Å². The number of fused-ring (bicyclic) bond motifs is 3. The molecular formula is C25H38N4O7. The Morgan fingerprint density at radius 2 is 1.75 bits per heavy atom. The van der Waals surface area contributed by atoms with Crippen molar-refractivity contribution < 1.29 is 34.6 Å². The highest BCUT2D eigenvalue weighted by atomic mass is 16.8. The molecule has 36 heavy (non-hydrogen) atoms. The monoisotopic (exact) mass is 506 g/mol. The van der Waals surface area contributed by atoms with Crippen molar-refractivity contribution in [2.45, 2.75) is 80.2 Å². The summed E-state index contributed by atoms with van der Waals surface area (Å²) in [6.07, 6.45) is -3.62. The van der Waals surface area contributed by atoms with Gasteiger partial charge in [0, 0.05) is 43.7 Å². The smallest absolute Gasteiger partial charge is 0.249 e. The second-order valence-corrected chi connectivity index (χ2v) is 10.4. The number of hydrogen-bond acceptors (Lipinski definition) is 10. The highest BCUT2D eigenvalue weighted by Gasteiger charge is 2.68. The van der Waals surface area contributed by atoms with Gasteiger partial charge in [0.25, 0.3) is 0 Å². The third-order valence-corrected chi connectivity index (χ3v) is 8.06. The second-order valence-electron chi connectivity index (χ2n) is 10.4. The first kappa shape index (κ1) is 26.0. The van der Waals surface area contributed by atoms with Crippen molar-refractivity contribution in [2.24, 2.45) is 7.05 Å². The van der Waals surface area contributed by atoms with Crippen LogP contribution in [0.15, 0.2) is 30.5 Å². The number of aryl methyl sites for hydroxylation is 1. The third kappa shape index (κ3) is 3.99. The van der Waals surface area contributed by atoms with Crippen LogP contribution in [0.2, 0.25) is 0 Å². The molecule has 4 unspecified atom stereocenters. The lowest BCUT2D eigenvalue weighted by Crippen LogP contribution is -2.81. The maximum atomic E-state index is 11.8. The number of benzene rings is 1. The summed E-state index contributed by atoms with van der Waals surface area (Å²) in [5, 5.41) is 55.7. The molecule has 7 N–H and O–H groups in total. The van der Waals surface area contributed by atoms with E-state index < -0.39 is 60.3 Å². The van der Waals surface area contributed by atoms with Crippen LogP contribution in [0, 0.1) is 0 Å². The standard InChI is InChI=1S/C25H38N4O7/c1-13-9-24(32,12-28-10-14-11-29(4)16-8-6-5-7-15(14)16)25(33)23(34-13)35-22-20(31)17(26-2)19(30)18(27-3)21(22)36-25/h5-8,11,13,17-23,26-28,30-33H,9-10,12H2,1-4H3/t13-,17-,18?,19+,20+,21?,22?,23?,24-,25-/m1/s1. The van der Waals surface area contributed by atoms with E-state index in [9.17, 15) is 20.4 Å². The van der Waals surface area contributed by atoms with E-state index >= 15 is 0 Å². The lowest BCUT2D eigenvalue weighted by atomic mass is 9.77. The van der Waals surface area contributed by atoms with Crippen molar-refractivity contribution in [3.8, 4) is 0 Å². The quantitative estimate of drug-likeness (QED) is 0.247. The number of rotatable bonds is 6. The Balaban J connectivity index is 1.38. The molecule has 3 fully saturated rings. The van der Waals surface area contributed by atoms with Crippen LogP contribution in [0.5, 0.6) is 0 Å². The number of aromatic nitrogens is 1. The molecular weight excluding hydrogens is 468 g/mol. The Hall–Kier alpha value is -1.64. The molecule has 5 rings (SSSR count). The van der Waals surface area contributed by atoms with E-state index in [-0.39, 0.29) is 13.0 Å². The maximum absolute atomic E-state index is 11.8. The van der Waals surface area contributed by atoms with E-state index in [4.69, 9.17) is 14.2 Å². The molecule has 10 atom stereocenters. The van der Waals surface area contributed by atoms with Crippen LogP contribution in [0.25, 0.3) is 10.9 Å². The summed E-state index contributed by atoms with van der Waals surface area (Å²) in [5.74, 6) is -2.23. The molecule has 1 aromatic carbocycles. The van der Waals surface area contributed by atoms with Gasteiger partial charge in [0.1, 0.15) is 23.9 Å². The van der Waals surface area contributed by atoms with Gasteiger partial charge in [-0.3, -0.25) is 0 Å². The molecule has 1 saturated carbocycles. The van der Waals surface area contributed by atoms with Gasteiger partial charge in [-0.25, -0.2) is 0 Å². The zero-order valence-electron chi connectivity index (χ0n) is 21.1. The third-order valence-electron chi connectivity index (χ3n) is 8.06. The Kier molecular flexibility index (Phi) is 6.92. The molecule has 11 heteroatoms. The first-order valence-electron chi connectivity index (χ1n) is 12.5. The Morgan fingerprint density at radius 3 is 2.47 bits per heavy atom. The number of nitrogens with one attached hydrogen (secondary N) is 3. The minimum Gasteiger partial charge on any atom is -0.390 e. The summed E-state index contributed by atoms with van der Waals surface area (Å²) in [6, 6.07) is 6.72. The summed E-state index contributed by atoms with van der Waals surface area (Å²) in [5.41, 5.74) is 0.404. The van der Waals surface area contributed by atoms with Crippen molar-refractivity contribution in [3.63, 3.8) is 0 Å². The molecule has 1 aromatic heterocycles. The molecule has 2 aliphatic heterocycles. The second kappa shape index (κ2) is 9.59. The molecule has 0 spiro atoms. The number of nitrogens with zero attached hydrogens (tertiary/aromatic N) is 1. The molecule has 0 bridgehead atoms. The highest BCUT2D eigenvalue weighted by molar-refractivity contribution is 5.83. The number of likely N-dealkylation sites (N-methyl/N-ethyl adjacent to an activating group) is 2. The molecule has 3 heterocycles. The first-order chi connectivity index (χ1) is 17.1. The van der Waals surface area contributed by atoms with Gasteiger partial charge in [0.15, 0.2) is 0 Å². The van der Waals surface area contributed by atoms with Crippen molar-refractivity contribution in [2.75, 3.05) is 20.6 Å². The Labute approximate surface area is 210 Å². The Bertz CT molecular complexity index is 1080. The van der Waals surface area contributed by atoms with Crippen molar-refractivity contribution in [3.05, 3.63) is 36.0 Å². The van der Waals surface area contributed by atoms with Crippen LogP contribution >= 0.6 is 0 Å². The predicted octanol–water partition coefficient (Wildman–Crippen LogP) is -1.48. The van der Waals surface area contributed by atoms with Gasteiger partial charge in [-0.1, -0.05) is 18.2 Å². The summed E-state index contributed by atoms with van der Waals surface area (Å²) in [7, 11) is 5.29. The van der Waals surface area contributed by atoms with E-state index in [1.165, 1.54) is 0 Å². The molecule has 11 nitrogen and oxygen atoms in total. The topological polar surface area (TPSA) is 150 Å². The SMILES string of the molecule is CNC1C2O[C@]3(O)C(OC2[C@@H](O)[C@H](NC)[C@@H]1O)O[C@H](C)C[C@@]3(O)CNCc1cn(C)c2ccccc12.